The molecule has 0 unspecified atom stereocenters. The van der Waals surface area contributed by atoms with E-state index in [1.165, 1.54) is 11.8 Å². The first kappa shape index (κ1) is 19.4. The third kappa shape index (κ3) is 3.23. The Morgan fingerprint density at radius 2 is 2.03 bits per heavy atom. The lowest BCUT2D eigenvalue weighted by atomic mass is 9.99. The van der Waals surface area contributed by atoms with Gasteiger partial charge in [0.25, 0.3) is 0 Å². The Morgan fingerprint density at radius 1 is 1.23 bits per heavy atom. The molecule has 160 valence electrons. The zero-order valence-corrected chi connectivity index (χ0v) is 17.4. The molecule has 1 fully saturated rings. The van der Waals surface area contributed by atoms with Crippen molar-refractivity contribution in [1.29, 1.82) is 0 Å². The summed E-state index contributed by atoms with van der Waals surface area (Å²) in [4.78, 5) is 16.1. The van der Waals surface area contributed by atoms with Crippen LogP contribution < -0.4 is 10.6 Å². The third-order valence-electron chi connectivity index (χ3n) is 6.62. The molecule has 30 heavy (non-hydrogen) atoms. The van der Waals surface area contributed by atoms with Gasteiger partial charge in [0.1, 0.15) is 5.82 Å². The normalized spacial score (nSPS) is 19.5. The summed E-state index contributed by atoms with van der Waals surface area (Å²) in [6.45, 7) is 5.12. The van der Waals surface area contributed by atoms with E-state index in [1.54, 1.807) is 13.0 Å². The number of ether oxygens (including phenoxy) is 1. The fourth-order valence-electron chi connectivity index (χ4n) is 4.99. The number of anilines is 3. The van der Waals surface area contributed by atoms with Crippen molar-refractivity contribution in [3.05, 3.63) is 34.8 Å². The number of hydrogen-bond acceptors (Lipinski definition) is 5. The highest BCUT2D eigenvalue weighted by molar-refractivity contribution is 5.75. The predicted octanol–water partition coefficient (Wildman–Crippen LogP) is 2.94. The lowest BCUT2D eigenvalue weighted by Gasteiger charge is -2.32. The fourth-order valence-corrected chi connectivity index (χ4v) is 4.99. The second kappa shape index (κ2) is 7.58. The number of aromatic nitrogens is 2. The molecule has 0 spiro atoms. The molecule has 7 nitrogen and oxygen atoms in total. The molecule has 0 bridgehead atoms. The summed E-state index contributed by atoms with van der Waals surface area (Å²) in [6.07, 6.45) is 4.49. The van der Waals surface area contributed by atoms with Crippen LogP contribution in [0.1, 0.15) is 49.0 Å². The molecule has 0 saturated carbocycles. The molecule has 1 aromatic carbocycles. The second-order valence-electron chi connectivity index (χ2n) is 8.49. The second-order valence-corrected chi connectivity index (χ2v) is 8.49. The van der Waals surface area contributed by atoms with Crippen LogP contribution in [0.5, 0.6) is 0 Å². The summed E-state index contributed by atoms with van der Waals surface area (Å²) in [5, 5.41) is 5.08. The van der Waals surface area contributed by atoms with Crippen LogP contribution in [0, 0.1) is 5.82 Å². The van der Waals surface area contributed by atoms with E-state index >= 15 is 0 Å². The van der Waals surface area contributed by atoms with Gasteiger partial charge in [-0.3, -0.25) is 9.48 Å². The number of benzene rings is 1. The Balaban J connectivity index is 1.61. The number of nitrogens with two attached hydrogens (primary N) is 1. The molecule has 0 aliphatic carbocycles. The van der Waals surface area contributed by atoms with E-state index in [9.17, 15) is 9.18 Å². The van der Waals surface area contributed by atoms with E-state index in [0.29, 0.717) is 19.1 Å². The van der Waals surface area contributed by atoms with E-state index in [4.69, 9.17) is 15.6 Å². The van der Waals surface area contributed by atoms with Crippen LogP contribution in [-0.2, 0) is 28.9 Å². The van der Waals surface area contributed by atoms with Crippen LogP contribution in [0.2, 0.25) is 0 Å². The molecule has 3 aliphatic heterocycles. The first-order valence-corrected chi connectivity index (χ1v) is 10.8. The number of aryl methyl sites for hydroxylation is 1. The maximum atomic E-state index is 14.4. The molecule has 5 rings (SSSR count). The average Bonchev–Trinajstić information content (AvgIpc) is 3.13. The van der Waals surface area contributed by atoms with Gasteiger partial charge in [0.05, 0.1) is 18.3 Å². The van der Waals surface area contributed by atoms with Crippen molar-refractivity contribution in [3.63, 3.8) is 0 Å². The quantitative estimate of drug-likeness (QED) is 0.766. The van der Waals surface area contributed by atoms with Gasteiger partial charge in [-0.25, -0.2) is 4.39 Å². The smallest absolute Gasteiger partial charge is 0.219 e. The zero-order valence-electron chi connectivity index (χ0n) is 17.4. The zero-order chi connectivity index (χ0) is 20.8. The van der Waals surface area contributed by atoms with Crippen LogP contribution in [-0.4, -0.2) is 46.9 Å². The Morgan fingerprint density at radius 3 is 2.80 bits per heavy atom. The van der Waals surface area contributed by atoms with Crippen LogP contribution >= 0.6 is 0 Å². The molecular weight excluding hydrogens is 385 g/mol. The van der Waals surface area contributed by atoms with E-state index in [0.717, 1.165) is 74.5 Å². The highest BCUT2D eigenvalue weighted by Crippen LogP contribution is 2.40. The molecule has 2 N–H and O–H groups in total. The molecule has 0 radical (unpaired) electrons. The maximum Gasteiger partial charge on any atom is 0.219 e. The molecule has 4 heterocycles. The third-order valence-corrected chi connectivity index (χ3v) is 6.62. The number of carbonyl (C=O) groups is 1. The van der Waals surface area contributed by atoms with Gasteiger partial charge >= 0.3 is 0 Å². The molecule has 3 aliphatic rings. The molecule has 8 heteroatoms. The number of amides is 1. The number of rotatable bonds is 2. The van der Waals surface area contributed by atoms with Crippen molar-refractivity contribution in [3.8, 4) is 0 Å². The monoisotopic (exact) mass is 413 g/mol. The van der Waals surface area contributed by atoms with E-state index in [-0.39, 0.29) is 11.6 Å². The molecule has 2 aromatic rings. The van der Waals surface area contributed by atoms with E-state index in [2.05, 4.69) is 9.58 Å². The summed E-state index contributed by atoms with van der Waals surface area (Å²) < 4.78 is 22.1. The molecule has 1 aromatic heterocycles. The van der Waals surface area contributed by atoms with Crippen molar-refractivity contribution in [1.82, 2.24) is 14.7 Å². The van der Waals surface area contributed by atoms with Crippen molar-refractivity contribution in [2.45, 2.75) is 51.6 Å². The summed E-state index contributed by atoms with van der Waals surface area (Å²) in [5.74, 6) is 0.527. The van der Waals surface area contributed by atoms with Crippen molar-refractivity contribution in [2.24, 2.45) is 0 Å². The Labute approximate surface area is 175 Å². The van der Waals surface area contributed by atoms with Gasteiger partial charge in [0.2, 0.25) is 5.91 Å². The molecule has 1 saturated heterocycles. The maximum absolute atomic E-state index is 14.4. The van der Waals surface area contributed by atoms with Crippen LogP contribution in [0.4, 0.5) is 21.6 Å². The molecule has 1 amide bonds. The number of nitrogen functional groups attached to an aromatic ring is 1. The number of halogens is 1. The van der Waals surface area contributed by atoms with Gasteiger partial charge in [-0.05, 0) is 43.4 Å². The topological polar surface area (TPSA) is 76.6 Å². The first-order chi connectivity index (χ1) is 14.5. The summed E-state index contributed by atoms with van der Waals surface area (Å²) in [6, 6.07) is 3.59. The van der Waals surface area contributed by atoms with Gasteiger partial charge in [-0.1, -0.05) is 0 Å². The van der Waals surface area contributed by atoms with E-state index in [1.807, 2.05) is 4.90 Å². The van der Waals surface area contributed by atoms with Gasteiger partial charge in [0.15, 0.2) is 5.82 Å². The fraction of sp³-hybridized carbons (Fsp3) is 0.545. The summed E-state index contributed by atoms with van der Waals surface area (Å²) in [7, 11) is 0. The minimum absolute atomic E-state index is 0.0725. The average molecular weight is 413 g/mol. The number of fused-ring (bicyclic) bond motifs is 2. The standard InChI is InChI=1S/C22H28FN5O2/c1-14(29)26-8-4-20-17(13-26)22(25-28(20)16-5-9-30-10-6-16)27-7-2-3-15-11-19(24)18(23)12-21(15)27/h11-12,16H,2-10,13,24H2,1H3. The summed E-state index contributed by atoms with van der Waals surface area (Å²) in [5.41, 5.74) is 10.2. The Kier molecular flexibility index (Phi) is 4.89. The van der Waals surface area contributed by atoms with Gasteiger partial charge in [0, 0.05) is 56.6 Å². The summed E-state index contributed by atoms with van der Waals surface area (Å²) >= 11 is 0. The minimum Gasteiger partial charge on any atom is -0.396 e. The first-order valence-electron chi connectivity index (χ1n) is 10.8. The van der Waals surface area contributed by atoms with Crippen molar-refractivity contribution in [2.75, 3.05) is 36.9 Å². The van der Waals surface area contributed by atoms with Gasteiger partial charge in [-0.15, -0.1) is 0 Å². The number of nitrogens with zero attached hydrogens (tertiary/aromatic N) is 4. The van der Waals surface area contributed by atoms with Crippen molar-refractivity contribution >= 4 is 23.1 Å². The highest BCUT2D eigenvalue weighted by Gasteiger charge is 2.33. The predicted molar refractivity (Wildman–Crippen MR) is 112 cm³/mol. The Hall–Kier alpha value is -2.61. The van der Waals surface area contributed by atoms with E-state index < -0.39 is 5.82 Å². The lowest BCUT2D eigenvalue weighted by molar-refractivity contribution is -0.129. The molecule has 0 atom stereocenters. The molecular formula is C22H28FN5O2. The van der Waals surface area contributed by atoms with Gasteiger partial charge < -0.3 is 20.3 Å². The van der Waals surface area contributed by atoms with Crippen molar-refractivity contribution < 1.29 is 13.9 Å². The highest BCUT2D eigenvalue weighted by atomic mass is 19.1. The Bertz CT molecular complexity index is 982. The largest absolute Gasteiger partial charge is 0.396 e. The number of hydrogen-bond donors (Lipinski definition) is 1. The number of carbonyl (C=O) groups excluding carboxylic acids is 1. The van der Waals surface area contributed by atoms with Crippen LogP contribution in [0.15, 0.2) is 12.1 Å². The van der Waals surface area contributed by atoms with Crippen LogP contribution in [0.25, 0.3) is 0 Å². The van der Waals surface area contributed by atoms with Crippen LogP contribution in [0.3, 0.4) is 0 Å². The SMILES string of the molecule is CC(=O)N1CCc2c(c(N3CCCc4cc(N)c(F)cc43)nn2C2CCOCC2)C1. The van der Waals surface area contributed by atoms with Gasteiger partial charge in [-0.2, -0.15) is 5.10 Å². The minimum atomic E-state index is -0.399. The lowest BCUT2D eigenvalue weighted by Crippen LogP contribution is -2.36.